The number of hydrogen-bond acceptors (Lipinski definition) is 4. The van der Waals surface area contributed by atoms with Crippen molar-refractivity contribution in [3.05, 3.63) is 81.4 Å². The highest BCUT2D eigenvalue weighted by Crippen LogP contribution is 2.30. The van der Waals surface area contributed by atoms with Crippen LogP contribution in [0.1, 0.15) is 21.1 Å². The Kier molecular flexibility index (Phi) is 5.09. The van der Waals surface area contributed by atoms with E-state index < -0.39 is 0 Å². The molecule has 0 radical (unpaired) electrons. The molecule has 0 atom stereocenters. The van der Waals surface area contributed by atoms with Crippen molar-refractivity contribution >= 4 is 17.2 Å². The summed E-state index contributed by atoms with van der Waals surface area (Å²) in [5.41, 5.74) is 3.55. The molecule has 0 bridgehead atoms. The fourth-order valence-electron chi connectivity index (χ4n) is 3.90. The predicted octanol–water partition coefficient (Wildman–Crippen LogP) is 5.11. The molecule has 0 N–H and O–H groups in total. The number of thiazole rings is 1. The maximum absolute atomic E-state index is 13.7. The van der Waals surface area contributed by atoms with Crippen molar-refractivity contribution in [1.29, 1.82) is 0 Å². The van der Waals surface area contributed by atoms with Crippen LogP contribution in [0.15, 0.2) is 48.7 Å². The number of amides is 1. The summed E-state index contributed by atoms with van der Waals surface area (Å²) in [4.78, 5) is 25.2. The van der Waals surface area contributed by atoms with Crippen LogP contribution in [0, 0.1) is 25.5 Å². The number of rotatable bonds is 4. The Bertz CT molecular complexity index is 1300. The quantitative estimate of drug-likeness (QED) is 0.434. The van der Waals surface area contributed by atoms with Crippen molar-refractivity contribution in [3.63, 3.8) is 0 Å². The van der Waals surface area contributed by atoms with Gasteiger partial charge in [0.15, 0.2) is 0 Å². The molecule has 0 unspecified atom stereocenters. The number of carbonyl (C=O) groups excluding carboxylic acids is 1. The molecule has 5 rings (SSSR count). The fraction of sp³-hybridized carbons (Fsp3) is 0.208. The highest BCUT2D eigenvalue weighted by molar-refractivity contribution is 7.11. The van der Waals surface area contributed by atoms with Gasteiger partial charge in [-0.25, -0.2) is 18.7 Å². The lowest BCUT2D eigenvalue weighted by Gasteiger charge is -2.16. The molecule has 0 spiro atoms. The molecule has 0 saturated carbocycles. The molecule has 8 heteroatoms. The summed E-state index contributed by atoms with van der Waals surface area (Å²) in [6.45, 7) is 4.82. The maximum atomic E-state index is 13.7. The molecule has 4 aromatic rings. The Morgan fingerprint density at radius 3 is 2.50 bits per heavy atom. The number of fused-ring (bicyclic) bond motifs is 1. The van der Waals surface area contributed by atoms with E-state index in [-0.39, 0.29) is 24.1 Å². The molecule has 2 aromatic heterocycles. The first-order chi connectivity index (χ1) is 15.4. The monoisotopic (exact) mass is 450 g/mol. The van der Waals surface area contributed by atoms with E-state index in [1.165, 1.54) is 18.2 Å². The molecule has 1 aliphatic rings. The first-order valence-corrected chi connectivity index (χ1v) is 11.0. The lowest BCUT2D eigenvalue weighted by molar-refractivity contribution is -0.132. The van der Waals surface area contributed by atoms with E-state index in [1.807, 2.05) is 6.92 Å². The van der Waals surface area contributed by atoms with Crippen LogP contribution in [-0.4, -0.2) is 25.3 Å². The van der Waals surface area contributed by atoms with Crippen LogP contribution >= 0.6 is 11.3 Å². The first kappa shape index (κ1) is 20.5. The molecular formula is C24H20F2N4OS. The molecule has 32 heavy (non-hydrogen) atoms. The van der Waals surface area contributed by atoms with Gasteiger partial charge >= 0.3 is 0 Å². The van der Waals surface area contributed by atoms with Gasteiger partial charge < -0.3 is 9.47 Å². The largest absolute Gasteiger partial charge is 0.330 e. The van der Waals surface area contributed by atoms with Crippen molar-refractivity contribution in [3.8, 4) is 22.6 Å². The minimum Gasteiger partial charge on any atom is -0.330 e. The van der Waals surface area contributed by atoms with Crippen molar-refractivity contribution < 1.29 is 13.6 Å². The predicted molar refractivity (Wildman–Crippen MR) is 119 cm³/mol. The Morgan fingerprint density at radius 1 is 1.03 bits per heavy atom. The standard InChI is InChI=1S/C24H20F2N4OS/c1-14-9-17(5-8-19(14)26)20-10-30(24(28-20)16-3-6-18(25)7-4-16)13-23(31)29-11-21-22(12-29)32-15(2)27-21/h3-10H,11-13H2,1-2H3. The minimum atomic E-state index is -0.344. The van der Waals surface area contributed by atoms with Crippen LogP contribution in [0.2, 0.25) is 0 Å². The summed E-state index contributed by atoms with van der Waals surface area (Å²) in [5.74, 6) is -0.121. The number of benzene rings is 2. The first-order valence-electron chi connectivity index (χ1n) is 10.2. The number of imidazole rings is 1. The van der Waals surface area contributed by atoms with Gasteiger partial charge in [-0.2, -0.15) is 0 Å². The third kappa shape index (κ3) is 3.82. The summed E-state index contributed by atoms with van der Waals surface area (Å²) in [6, 6.07) is 10.8. The topological polar surface area (TPSA) is 51.0 Å². The molecule has 0 aliphatic carbocycles. The molecule has 0 saturated heterocycles. The van der Waals surface area contributed by atoms with Gasteiger partial charge in [0.2, 0.25) is 5.91 Å². The van der Waals surface area contributed by atoms with Crippen molar-refractivity contribution in [2.24, 2.45) is 0 Å². The summed E-state index contributed by atoms with van der Waals surface area (Å²) >= 11 is 1.62. The van der Waals surface area contributed by atoms with Gasteiger partial charge in [-0.3, -0.25) is 4.79 Å². The zero-order valence-corrected chi connectivity index (χ0v) is 18.4. The van der Waals surface area contributed by atoms with Crippen molar-refractivity contribution in [2.75, 3.05) is 0 Å². The van der Waals surface area contributed by atoms with Gasteiger partial charge in [0.1, 0.15) is 24.0 Å². The maximum Gasteiger partial charge on any atom is 0.243 e. The average Bonchev–Trinajstić information content (AvgIpc) is 3.44. The van der Waals surface area contributed by atoms with E-state index >= 15 is 0 Å². The van der Waals surface area contributed by atoms with Crippen LogP contribution in [0.4, 0.5) is 8.78 Å². The SMILES string of the molecule is Cc1nc2c(s1)CN(C(=O)Cn1cc(-c3ccc(F)c(C)c3)nc1-c1ccc(F)cc1)C2. The molecule has 162 valence electrons. The number of carbonyl (C=O) groups is 1. The Hall–Kier alpha value is -3.39. The number of aryl methyl sites for hydroxylation is 2. The van der Waals surface area contributed by atoms with E-state index in [0.717, 1.165) is 21.1 Å². The molecule has 5 nitrogen and oxygen atoms in total. The smallest absolute Gasteiger partial charge is 0.243 e. The van der Waals surface area contributed by atoms with Crippen LogP contribution in [0.25, 0.3) is 22.6 Å². The van der Waals surface area contributed by atoms with E-state index in [4.69, 9.17) is 4.98 Å². The van der Waals surface area contributed by atoms with E-state index in [2.05, 4.69) is 4.98 Å². The number of nitrogens with zero attached hydrogens (tertiary/aromatic N) is 4. The average molecular weight is 451 g/mol. The lowest BCUT2D eigenvalue weighted by Crippen LogP contribution is -2.29. The molecule has 0 fully saturated rings. The second-order valence-corrected chi connectivity index (χ2v) is 9.19. The third-order valence-electron chi connectivity index (χ3n) is 5.55. The highest BCUT2D eigenvalue weighted by Gasteiger charge is 2.27. The fourth-order valence-corrected chi connectivity index (χ4v) is 4.86. The van der Waals surface area contributed by atoms with Gasteiger partial charge in [-0.05, 0) is 61.9 Å². The number of aromatic nitrogens is 3. The second kappa shape index (κ2) is 7.94. The van der Waals surface area contributed by atoms with Crippen molar-refractivity contribution in [2.45, 2.75) is 33.5 Å². The molecule has 1 amide bonds. The Balaban J connectivity index is 1.47. The molecule has 2 aromatic carbocycles. The van der Waals surface area contributed by atoms with Gasteiger partial charge in [0.05, 0.1) is 29.5 Å². The van der Waals surface area contributed by atoms with Gasteiger partial charge in [0, 0.05) is 22.2 Å². The van der Waals surface area contributed by atoms with E-state index in [9.17, 15) is 13.6 Å². The third-order valence-corrected chi connectivity index (χ3v) is 6.55. The zero-order chi connectivity index (χ0) is 22.4. The van der Waals surface area contributed by atoms with Crippen molar-refractivity contribution in [1.82, 2.24) is 19.4 Å². The normalized spacial score (nSPS) is 12.9. The van der Waals surface area contributed by atoms with E-state index in [1.54, 1.807) is 58.2 Å². The zero-order valence-electron chi connectivity index (χ0n) is 17.6. The van der Waals surface area contributed by atoms with Gasteiger partial charge in [0.25, 0.3) is 0 Å². The molecule has 1 aliphatic heterocycles. The summed E-state index contributed by atoms with van der Waals surface area (Å²) < 4.78 is 29.0. The molecular weight excluding hydrogens is 430 g/mol. The summed E-state index contributed by atoms with van der Waals surface area (Å²) in [5, 5.41) is 1.01. The second-order valence-electron chi connectivity index (χ2n) is 7.90. The van der Waals surface area contributed by atoms with Crippen LogP contribution in [0.5, 0.6) is 0 Å². The Labute approximate surface area is 188 Å². The van der Waals surface area contributed by atoms with Gasteiger partial charge in [-0.1, -0.05) is 0 Å². The van der Waals surface area contributed by atoms with E-state index in [0.29, 0.717) is 35.7 Å². The van der Waals surface area contributed by atoms with Crippen LogP contribution in [-0.2, 0) is 24.4 Å². The van der Waals surface area contributed by atoms with Crippen LogP contribution < -0.4 is 0 Å². The van der Waals surface area contributed by atoms with Gasteiger partial charge in [-0.15, -0.1) is 11.3 Å². The number of halogens is 2. The van der Waals surface area contributed by atoms with Crippen LogP contribution in [0.3, 0.4) is 0 Å². The number of hydrogen-bond donors (Lipinski definition) is 0. The Morgan fingerprint density at radius 2 is 1.78 bits per heavy atom. The summed E-state index contributed by atoms with van der Waals surface area (Å²) in [7, 11) is 0. The highest BCUT2D eigenvalue weighted by atomic mass is 32.1. The minimum absolute atomic E-state index is 0.0459. The molecule has 3 heterocycles. The summed E-state index contributed by atoms with van der Waals surface area (Å²) in [6.07, 6.45) is 1.79. The lowest BCUT2D eigenvalue weighted by atomic mass is 10.1.